The molecule has 0 saturated heterocycles. The molecule has 4 nitrogen and oxygen atoms in total. The number of carbonyl (C=O) groups excluding carboxylic acids is 1. The maximum absolute atomic E-state index is 12.2. The van der Waals surface area contributed by atoms with Crippen LogP contribution in [0.4, 0.5) is 0 Å². The van der Waals surface area contributed by atoms with E-state index in [1.54, 1.807) is 0 Å². The number of ketones is 1. The predicted octanol–water partition coefficient (Wildman–Crippen LogP) is 3.05. The van der Waals surface area contributed by atoms with Crippen LogP contribution in [0.25, 0.3) is 10.2 Å². The largest absolute Gasteiger partial charge is 0.480 e. The average Bonchev–Trinajstić information content (AvgIpc) is 2.83. The molecule has 2 aromatic rings. The lowest BCUT2D eigenvalue weighted by atomic mass is 9.71. The van der Waals surface area contributed by atoms with Gasteiger partial charge in [0.25, 0.3) is 0 Å². The van der Waals surface area contributed by atoms with Crippen molar-refractivity contribution in [3.8, 4) is 0 Å². The first-order valence-electron chi connectivity index (χ1n) is 6.73. The van der Waals surface area contributed by atoms with E-state index in [0.29, 0.717) is 12.8 Å². The minimum Gasteiger partial charge on any atom is -0.480 e. The van der Waals surface area contributed by atoms with Gasteiger partial charge in [-0.15, -0.1) is 11.3 Å². The molecule has 1 aliphatic carbocycles. The highest BCUT2D eigenvalue weighted by atomic mass is 32.1. The third kappa shape index (κ3) is 2.12. The van der Waals surface area contributed by atoms with E-state index >= 15 is 0 Å². The average molecular weight is 289 g/mol. The highest BCUT2D eigenvalue weighted by Gasteiger charge is 2.47. The lowest BCUT2D eigenvalue weighted by Crippen LogP contribution is -2.43. The number of carboxylic acids is 1. The molecule has 1 aliphatic rings. The molecule has 0 radical (unpaired) electrons. The Bertz CT molecular complexity index is 646. The minimum absolute atomic E-state index is 0.143. The predicted molar refractivity (Wildman–Crippen MR) is 76.9 cm³/mol. The normalized spacial score (nSPS) is 23.1. The van der Waals surface area contributed by atoms with Gasteiger partial charge in [-0.3, -0.25) is 9.59 Å². The van der Waals surface area contributed by atoms with Gasteiger partial charge >= 0.3 is 5.97 Å². The van der Waals surface area contributed by atoms with E-state index in [1.807, 2.05) is 24.3 Å². The van der Waals surface area contributed by atoms with Gasteiger partial charge in [0.1, 0.15) is 5.41 Å². The second kappa shape index (κ2) is 4.98. The molecule has 1 heterocycles. The Morgan fingerprint density at radius 3 is 2.85 bits per heavy atom. The molecule has 1 aromatic carbocycles. The molecule has 0 spiro atoms. The zero-order valence-corrected chi connectivity index (χ0v) is 11.8. The number of rotatable bonds is 3. The summed E-state index contributed by atoms with van der Waals surface area (Å²) in [5, 5.41) is 10.3. The van der Waals surface area contributed by atoms with Gasteiger partial charge < -0.3 is 5.11 Å². The van der Waals surface area contributed by atoms with Crippen LogP contribution in [0, 0.1) is 5.41 Å². The summed E-state index contributed by atoms with van der Waals surface area (Å²) in [6.45, 7) is 0. The van der Waals surface area contributed by atoms with Crippen molar-refractivity contribution in [1.29, 1.82) is 0 Å². The second-order valence-corrected chi connectivity index (χ2v) is 6.38. The van der Waals surface area contributed by atoms with Gasteiger partial charge in [0, 0.05) is 12.8 Å². The summed E-state index contributed by atoms with van der Waals surface area (Å²) in [4.78, 5) is 28.3. The summed E-state index contributed by atoms with van der Waals surface area (Å²) < 4.78 is 1.03. The zero-order chi connectivity index (χ0) is 14.2. The maximum atomic E-state index is 12.2. The number of aliphatic carboxylic acids is 1. The second-order valence-electron chi connectivity index (χ2n) is 5.27. The fourth-order valence-corrected chi connectivity index (χ4v) is 3.91. The number of benzene rings is 1. The zero-order valence-electron chi connectivity index (χ0n) is 11.0. The molecule has 20 heavy (non-hydrogen) atoms. The molecule has 0 aliphatic heterocycles. The highest BCUT2D eigenvalue weighted by molar-refractivity contribution is 7.18. The van der Waals surface area contributed by atoms with Gasteiger partial charge in [-0.2, -0.15) is 0 Å². The topological polar surface area (TPSA) is 67.3 Å². The SMILES string of the molecule is O=C(O)C1(Cc2nc3ccccc3s2)CCCCC1=O. The molecule has 0 bridgehead atoms. The van der Waals surface area contributed by atoms with Crippen LogP contribution in [0.2, 0.25) is 0 Å². The maximum Gasteiger partial charge on any atom is 0.317 e. The molecule has 0 amide bonds. The molecular weight excluding hydrogens is 274 g/mol. The van der Waals surface area contributed by atoms with Gasteiger partial charge in [0.05, 0.1) is 15.2 Å². The Hall–Kier alpha value is -1.75. The van der Waals surface area contributed by atoms with E-state index in [4.69, 9.17) is 0 Å². The fourth-order valence-electron chi connectivity index (χ4n) is 2.83. The summed E-state index contributed by atoms with van der Waals surface area (Å²) in [6, 6.07) is 7.71. The van der Waals surface area contributed by atoms with Crippen molar-refractivity contribution < 1.29 is 14.7 Å². The Morgan fingerprint density at radius 2 is 2.15 bits per heavy atom. The molecule has 5 heteroatoms. The first-order valence-corrected chi connectivity index (χ1v) is 7.55. The summed E-state index contributed by atoms with van der Waals surface area (Å²) >= 11 is 1.48. The van der Waals surface area contributed by atoms with Crippen LogP contribution in [0.3, 0.4) is 0 Å². The molecule has 1 unspecified atom stereocenters. The number of para-hydroxylation sites is 1. The highest BCUT2D eigenvalue weighted by Crippen LogP contribution is 2.38. The molecule has 1 saturated carbocycles. The summed E-state index contributed by atoms with van der Waals surface area (Å²) in [7, 11) is 0. The van der Waals surface area contributed by atoms with Gasteiger partial charge in [0.2, 0.25) is 0 Å². The molecule has 1 fully saturated rings. The van der Waals surface area contributed by atoms with Crippen molar-refractivity contribution in [1.82, 2.24) is 4.98 Å². The Morgan fingerprint density at radius 1 is 1.35 bits per heavy atom. The van der Waals surface area contributed by atoms with Crippen LogP contribution in [0.5, 0.6) is 0 Å². The Kier molecular flexibility index (Phi) is 3.30. The van der Waals surface area contributed by atoms with E-state index in [9.17, 15) is 14.7 Å². The number of carbonyl (C=O) groups is 2. The number of aromatic nitrogens is 1. The van der Waals surface area contributed by atoms with Gasteiger partial charge in [-0.25, -0.2) is 4.98 Å². The Labute approximate surface area is 120 Å². The fraction of sp³-hybridized carbons (Fsp3) is 0.400. The van der Waals surface area contributed by atoms with Crippen molar-refractivity contribution in [2.45, 2.75) is 32.1 Å². The molecule has 3 rings (SSSR count). The molecule has 1 atom stereocenters. The number of fused-ring (bicyclic) bond motifs is 1. The van der Waals surface area contributed by atoms with Crippen molar-refractivity contribution in [3.05, 3.63) is 29.3 Å². The van der Waals surface area contributed by atoms with Crippen LogP contribution < -0.4 is 0 Å². The first-order chi connectivity index (χ1) is 9.62. The minimum atomic E-state index is -1.26. The van der Waals surface area contributed by atoms with Crippen LogP contribution in [0.15, 0.2) is 24.3 Å². The third-order valence-electron chi connectivity index (χ3n) is 3.99. The lowest BCUT2D eigenvalue weighted by Gasteiger charge is -2.30. The number of nitrogens with zero attached hydrogens (tertiary/aromatic N) is 1. The number of carboxylic acid groups (broad SMARTS) is 1. The van der Waals surface area contributed by atoms with Gasteiger partial charge in [-0.1, -0.05) is 18.6 Å². The summed E-state index contributed by atoms with van der Waals surface area (Å²) in [5.74, 6) is -1.14. The van der Waals surface area contributed by atoms with Gasteiger partial charge in [-0.05, 0) is 25.0 Å². The quantitative estimate of drug-likeness (QED) is 0.882. The molecule has 1 N–H and O–H groups in total. The first kappa shape index (κ1) is 13.2. The molecule has 104 valence electrons. The Balaban J connectivity index is 1.97. The molecule has 1 aromatic heterocycles. The lowest BCUT2D eigenvalue weighted by molar-refractivity contribution is -0.157. The third-order valence-corrected chi connectivity index (χ3v) is 5.03. The van der Waals surface area contributed by atoms with Crippen LogP contribution in [-0.4, -0.2) is 21.8 Å². The van der Waals surface area contributed by atoms with E-state index in [2.05, 4.69) is 4.98 Å². The van der Waals surface area contributed by atoms with Crippen LogP contribution in [0.1, 0.15) is 30.7 Å². The van der Waals surface area contributed by atoms with Crippen molar-refractivity contribution in [2.75, 3.05) is 0 Å². The number of hydrogen-bond donors (Lipinski definition) is 1. The number of Topliss-reactive ketones (excluding diaryl/α,β-unsaturated/α-hetero) is 1. The number of hydrogen-bond acceptors (Lipinski definition) is 4. The van der Waals surface area contributed by atoms with Crippen LogP contribution in [-0.2, 0) is 16.0 Å². The number of thiazole rings is 1. The smallest absolute Gasteiger partial charge is 0.317 e. The van der Waals surface area contributed by atoms with E-state index in [0.717, 1.165) is 28.1 Å². The van der Waals surface area contributed by atoms with E-state index in [1.165, 1.54) is 11.3 Å². The summed E-state index contributed by atoms with van der Waals surface area (Å²) in [6.07, 6.45) is 2.62. The molecular formula is C15H15NO3S. The van der Waals surface area contributed by atoms with E-state index in [-0.39, 0.29) is 12.2 Å². The van der Waals surface area contributed by atoms with Gasteiger partial charge in [0.15, 0.2) is 5.78 Å². The monoisotopic (exact) mass is 289 g/mol. The summed E-state index contributed by atoms with van der Waals surface area (Å²) in [5.41, 5.74) is -0.386. The van der Waals surface area contributed by atoms with E-state index < -0.39 is 11.4 Å². The van der Waals surface area contributed by atoms with Crippen molar-refractivity contribution in [3.63, 3.8) is 0 Å². The van der Waals surface area contributed by atoms with Crippen LogP contribution >= 0.6 is 11.3 Å². The standard InChI is InChI=1S/C15H15NO3S/c17-12-7-3-4-8-15(12,14(18)19)9-13-16-10-5-1-2-6-11(10)20-13/h1-2,5-6H,3-4,7-9H2,(H,18,19). The van der Waals surface area contributed by atoms with Crippen molar-refractivity contribution >= 4 is 33.3 Å². The van der Waals surface area contributed by atoms with Crippen molar-refractivity contribution in [2.24, 2.45) is 5.41 Å².